The molecular formula is C13H20N2O. The van der Waals surface area contributed by atoms with Gasteiger partial charge < -0.3 is 10.0 Å². The molecule has 1 aromatic heterocycles. The van der Waals surface area contributed by atoms with Crippen LogP contribution in [0.5, 0.6) is 0 Å². The molecule has 1 aliphatic heterocycles. The van der Waals surface area contributed by atoms with E-state index >= 15 is 0 Å². The van der Waals surface area contributed by atoms with E-state index in [1.54, 1.807) is 13.1 Å². The first kappa shape index (κ1) is 11.4. The van der Waals surface area contributed by atoms with Crippen molar-refractivity contribution >= 4 is 5.82 Å². The van der Waals surface area contributed by atoms with Crippen molar-refractivity contribution in [2.45, 2.75) is 32.8 Å². The quantitative estimate of drug-likeness (QED) is 0.849. The van der Waals surface area contributed by atoms with Gasteiger partial charge in [0.2, 0.25) is 0 Å². The molecule has 3 heteroatoms. The molecule has 0 amide bonds. The largest absolute Gasteiger partial charge is 0.389 e. The maximum atomic E-state index is 9.72. The molecule has 1 aliphatic rings. The molecule has 0 aromatic carbocycles. The first-order valence-electron chi connectivity index (χ1n) is 6.10. The molecule has 0 bridgehead atoms. The molecule has 0 saturated carbocycles. The highest BCUT2D eigenvalue weighted by Crippen LogP contribution is 2.29. The number of pyridine rings is 1. The Balaban J connectivity index is 2.20. The molecule has 3 nitrogen and oxygen atoms in total. The zero-order chi connectivity index (χ0) is 11.5. The van der Waals surface area contributed by atoms with Crippen LogP contribution in [-0.4, -0.2) is 23.2 Å². The minimum Gasteiger partial charge on any atom is -0.389 e. The monoisotopic (exact) mass is 220 g/mol. The lowest BCUT2D eigenvalue weighted by atomic mass is 10.1. The fourth-order valence-electron chi connectivity index (χ4n) is 2.36. The molecule has 1 N–H and O–H groups in total. The van der Waals surface area contributed by atoms with Gasteiger partial charge in [0.1, 0.15) is 5.82 Å². The molecule has 0 spiro atoms. The second-order valence-corrected chi connectivity index (χ2v) is 4.60. The number of aliphatic hydroxyl groups is 1. The SMILES string of the molecule is CCC1CCN(c2ncccc2C(C)O)C1. The lowest BCUT2D eigenvalue weighted by Gasteiger charge is -2.21. The predicted molar refractivity (Wildman–Crippen MR) is 65.5 cm³/mol. The van der Waals surface area contributed by atoms with Gasteiger partial charge in [-0.05, 0) is 25.3 Å². The van der Waals surface area contributed by atoms with E-state index in [2.05, 4.69) is 16.8 Å². The highest BCUT2D eigenvalue weighted by Gasteiger charge is 2.24. The third-order valence-electron chi connectivity index (χ3n) is 3.43. The molecular weight excluding hydrogens is 200 g/mol. The smallest absolute Gasteiger partial charge is 0.134 e. The Hall–Kier alpha value is -1.09. The van der Waals surface area contributed by atoms with Gasteiger partial charge in [0, 0.05) is 24.8 Å². The zero-order valence-electron chi connectivity index (χ0n) is 10.1. The summed E-state index contributed by atoms with van der Waals surface area (Å²) >= 11 is 0. The van der Waals surface area contributed by atoms with Crippen LogP contribution in [-0.2, 0) is 0 Å². The molecule has 88 valence electrons. The fraction of sp³-hybridized carbons (Fsp3) is 0.615. The third-order valence-corrected chi connectivity index (χ3v) is 3.43. The Bertz CT molecular complexity index is 352. The van der Waals surface area contributed by atoms with Gasteiger partial charge in [-0.2, -0.15) is 0 Å². The highest BCUT2D eigenvalue weighted by atomic mass is 16.3. The van der Waals surface area contributed by atoms with Gasteiger partial charge in [-0.3, -0.25) is 0 Å². The molecule has 1 fully saturated rings. The van der Waals surface area contributed by atoms with Crippen LogP contribution in [0.25, 0.3) is 0 Å². The van der Waals surface area contributed by atoms with Gasteiger partial charge >= 0.3 is 0 Å². The van der Waals surface area contributed by atoms with E-state index in [9.17, 15) is 5.11 Å². The molecule has 1 aromatic rings. The fourth-order valence-corrected chi connectivity index (χ4v) is 2.36. The van der Waals surface area contributed by atoms with Crippen molar-refractivity contribution in [3.8, 4) is 0 Å². The molecule has 2 rings (SSSR count). The van der Waals surface area contributed by atoms with E-state index < -0.39 is 6.10 Å². The van der Waals surface area contributed by atoms with Crippen molar-refractivity contribution in [2.75, 3.05) is 18.0 Å². The zero-order valence-corrected chi connectivity index (χ0v) is 10.1. The Morgan fingerprint density at radius 3 is 3.06 bits per heavy atom. The van der Waals surface area contributed by atoms with E-state index in [1.165, 1.54) is 12.8 Å². The van der Waals surface area contributed by atoms with Gasteiger partial charge in [0.15, 0.2) is 0 Å². The number of hydrogen-bond acceptors (Lipinski definition) is 3. The summed E-state index contributed by atoms with van der Waals surface area (Å²) in [5.74, 6) is 1.75. The molecule has 16 heavy (non-hydrogen) atoms. The number of aromatic nitrogens is 1. The summed E-state index contributed by atoms with van der Waals surface area (Å²) in [6.45, 7) is 6.18. The van der Waals surface area contributed by atoms with Crippen LogP contribution in [0.4, 0.5) is 5.82 Å². The molecule has 2 unspecified atom stereocenters. The van der Waals surface area contributed by atoms with E-state index in [0.717, 1.165) is 30.4 Å². The lowest BCUT2D eigenvalue weighted by Crippen LogP contribution is -2.22. The van der Waals surface area contributed by atoms with Crippen LogP contribution >= 0.6 is 0 Å². The molecule has 1 saturated heterocycles. The van der Waals surface area contributed by atoms with E-state index in [1.807, 2.05) is 12.1 Å². The van der Waals surface area contributed by atoms with Crippen LogP contribution in [0, 0.1) is 5.92 Å². The van der Waals surface area contributed by atoms with Gasteiger partial charge in [-0.1, -0.05) is 19.4 Å². The Labute approximate surface area is 97.1 Å². The molecule has 0 radical (unpaired) electrons. The first-order valence-corrected chi connectivity index (χ1v) is 6.10. The van der Waals surface area contributed by atoms with Gasteiger partial charge in [-0.15, -0.1) is 0 Å². The van der Waals surface area contributed by atoms with Crippen molar-refractivity contribution in [1.82, 2.24) is 4.98 Å². The maximum absolute atomic E-state index is 9.72. The average Bonchev–Trinajstić information content (AvgIpc) is 2.77. The summed E-state index contributed by atoms with van der Waals surface area (Å²) in [6.07, 6.45) is 3.84. The number of nitrogens with zero attached hydrogens (tertiary/aromatic N) is 2. The summed E-state index contributed by atoms with van der Waals surface area (Å²) in [4.78, 5) is 6.72. The van der Waals surface area contributed by atoms with Gasteiger partial charge in [0.05, 0.1) is 6.10 Å². The number of aliphatic hydroxyl groups excluding tert-OH is 1. The van der Waals surface area contributed by atoms with Crippen molar-refractivity contribution in [3.63, 3.8) is 0 Å². The van der Waals surface area contributed by atoms with E-state index in [4.69, 9.17) is 0 Å². The number of hydrogen-bond donors (Lipinski definition) is 1. The molecule has 2 heterocycles. The number of rotatable bonds is 3. The van der Waals surface area contributed by atoms with Gasteiger partial charge in [0.25, 0.3) is 0 Å². The first-order chi connectivity index (χ1) is 7.72. The Kier molecular flexibility index (Phi) is 3.44. The predicted octanol–water partition coefficient (Wildman–Crippen LogP) is 2.37. The van der Waals surface area contributed by atoms with Crippen LogP contribution in [0.15, 0.2) is 18.3 Å². The Morgan fingerprint density at radius 1 is 1.62 bits per heavy atom. The lowest BCUT2D eigenvalue weighted by molar-refractivity contribution is 0.199. The third kappa shape index (κ3) is 2.19. The summed E-state index contributed by atoms with van der Waals surface area (Å²) in [5, 5.41) is 9.72. The molecule has 2 atom stereocenters. The summed E-state index contributed by atoms with van der Waals surface area (Å²) in [6, 6.07) is 3.85. The van der Waals surface area contributed by atoms with Crippen LogP contribution in [0.3, 0.4) is 0 Å². The highest BCUT2D eigenvalue weighted by molar-refractivity contribution is 5.48. The normalized spacial score (nSPS) is 22.4. The second kappa shape index (κ2) is 4.83. The number of anilines is 1. The van der Waals surface area contributed by atoms with E-state index in [0.29, 0.717) is 0 Å². The molecule has 0 aliphatic carbocycles. The maximum Gasteiger partial charge on any atom is 0.134 e. The van der Waals surface area contributed by atoms with Crippen LogP contribution < -0.4 is 4.90 Å². The average molecular weight is 220 g/mol. The minimum atomic E-state index is -0.440. The van der Waals surface area contributed by atoms with Crippen LogP contribution in [0.1, 0.15) is 38.4 Å². The van der Waals surface area contributed by atoms with E-state index in [-0.39, 0.29) is 0 Å². The van der Waals surface area contributed by atoms with Crippen LogP contribution in [0.2, 0.25) is 0 Å². The van der Waals surface area contributed by atoms with Crippen molar-refractivity contribution in [3.05, 3.63) is 23.9 Å². The second-order valence-electron chi connectivity index (χ2n) is 4.60. The van der Waals surface area contributed by atoms with Gasteiger partial charge in [-0.25, -0.2) is 4.98 Å². The Morgan fingerprint density at radius 2 is 2.44 bits per heavy atom. The van der Waals surface area contributed by atoms with Crippen molar-refractivity contribution < 1.29 is 5.11 Å². The summed E-state index contributed by atoms with van der Waals surface area (Å²) in [7, 11) is 0. The van der Waals surface area contributed by atoms with Crippen molar-refractivity contribution in [2.24, 2.45) is 5.92 Å². The van der Waals surface area contributed by atoms with Crippen molar-refractivity contribution in [1.29, 1.82) is 0 Å². The standard InChI is InChI=1S/C13H20N2O/c1-3-11-6-8-15(9-11)13-12(10(2)16)5-4-7-14-13/h4-5,7,10-11,16H,3,6,8-9H2,1-2H3. The summed E-state index contributed by atoms with van der Waals surface area (Å²) in [5.41, 5.74) is 0.944. The summed E-state index contributed by atoms with van der Waals surface area (Å²) < 4.78 is 0. The minimum absolute atomic E-state index is 0.440. The topological polar surface area (TPSA) is 36.4 Å².